The van der Waals surface area contributed by atoms with E-state index < -0.39 is 6.10 Å². The fourth-order valence-corrected chi connectivity index (χ4v) is 2.26. The number of benzene rings is 2. The highest BCUT2D eigenvalue weighted by atomic mass is 35.5. The minimum atomic E-state index is -0.654. The zero-order valence-electron chi connectivity index (χ0n) is 13.6. The van der Waals surface area contributed by atoms with Crippen LogP contribution >= 0.6 is 11.6 Å². The molecule has 122 valence electrons. The maximum atomic E-state index is 12.4. The smallest absolute Gasteiger partial charge is 0.265 e. The summed E-state index contributed by atoms with van der Waals surface area (Å²) in [6.07, 6.45) is -0.654. The van der Waals surface area contributed by atoms with E-state index >= 15 is 0 Å². The minimum Gasteiger partial charge on any atom is -0.495 e. The molecule has 0 saturated carbocycles. The molecule has 0 bridgehead atoms. The Morgan fingerprint density at radius 1 is 1.13 bits per heavy atom. The first-order valence-corrected chi connectivity index (χ1v) is 7.67. The number of methoxy groups -OCH3 is 1. The minimum absolute atomic E-state index is 0.272. The number of ether oxygens (including phenoxy) is 2. The summed E-state index contributed by atoms with van der Waals surface area (Å²) in [7, 11) is 1.54. The van der Waals surface area contributed by atoms with E-state index in [4.69, 9.17) is 21.1 Å². The highest BCUT2D eigenvalue weighted by Crippen LogP contribution is 2.28. The van der Waals surface area contributed by atoms with E-state index in [1.54, 1.807) is 25.1 Å². The van der Waals surface area contributed by atoms with Gasteiger partial charge in [0.25, 0.3) is 5.91 Å². The molecule has 5 heteroatoms. The van der Waals surface area contributed by atoms with Crippen molar-refractivity contribution in [1.29, 1.82) is 0 Å². The average molecular weight is 334 g/mol. The van der Waals surface area contributed by atoms with Crippen LogP contribution in [0.25, 0.3) is 0 Å². The van der Waals surface area contributed by atoms with Gasteiger partial charge in [0.1, 0.15) is 11.5 Å². The van der Waals surface area contributed by atoms with Crippen LogP contribution < -0.4 is 14.8 Å². The lowest BCUT2D eigenvalue weighted by Crippen LogP contribution is -2.30. The number of hydrogen-bond donors (Lipinski definition) is 1. The zero-order valence-corrected chi connectivity index (χ0v) is 14.4. The third-order valence-corrected chi connectivity index (χ3v) is 3.67. The van der Waals surface area contributed by atoms with Crippen molar-refractivity contribution in [3.8, 4) is 11.5 Å². The molecule has 0 saturated heterocycles. The number of hydrogen-bond acceptors (Lipinski definition) is 3. The number of carbonyl (C=O) groups is 1. The van der Waals surface area contributed by atoms with Crippen LogP contribution in [0.3, 0.4) is 0 Å². The fourth-order valence-electron chi connectivity index (χ4n) is 2.09. The van der Waals surface area contributed by atoms with Crippen molar-refractivity contribution in [1.82, 2.24) is 0 Å². The van der Waals surface area contributed by atoms with Gasteiger partial charge >= 0.3 is 0 Å². The van der Waals surface area contributed by atoms with Crippen molar-refractivity contribution in [3.05, 3.63) is 52.5 Å². The van der Waals surface area contributed by atoms with Gasteiger partial charge in [-0.2, -0.15) is 0 Å². The molecule has 0 aliphatic heterocycles. The van der Waals surface area contributed by atoms with Gasteiger partial charge in [-0.25, -0.2) is 0 Å². The summed E-state index contributed by atoms with van der Waals surface area (Å²) in [5, 5.41) is 3.30. The Kier molecular flexibility index (Phi) is 5.50. The number of halogens is 1. The van der Waals surface area contributed by atoms with Gasteiger partial charge in [-0.05, 0) is 56.2 Å². The van der Waals surface area contributed by atoms with E-state index in [2.05, 4.69) is 5.32 Å². The van der Waals surface area contributed by atoms with E-state index in [9.17, 15) is 4.79 Å². The summed E-state index contributed by atoms with van der Waals surface area (Å²) in [6, 6.07) is 10.9. The summed E-state index contributed by atoms with van der Waals surface area (Å²) < 4.78 is 11.0. The van der Waals surface area contributed by atoms with Crippen LogP contribution in [0.2, 0.25) is 5.02 Å². The fraction of sp³-hybridized carbons (Fsp3) is 0.278. The molecule has 1 amide bonds. The molecular formula is C18H20ClNO3. The van der Waals surface area contributed by atoms with Crippen LogP contribution in [-0.2, 0) is 4.79 Å². The Bertz CT molecular complexity index is 715. The Labute approximate surface area is 141 Å². The Balaban J connectivity index is 2.11. The first-order chi connectivity index (χ1) is 10.9. The largest absolute Gasteiger partial charge is 0.495 e. The number of anilines is 1. The van der Waals surface area contributed by atoms with E-state index in [1.165, 1.54) is 7.11 Å². The molecule has 0 radical (unpaired) electrons. The van der Waals surface area contributed by atoms with E-state index in [-0.39, 0.29) is 5.91 Å². The maximum absolute atomic E-state index is 12.4. The first kappa shape index (κ1) is 17.2. The second-order valence-electron chi connectivity index (χ2n) is 5.36. The Morgan fingerprint density at radius 2 is 1.87 bits per heavy atom. The molecule has 0 spiro atoms. The molecule has 1 unspecified atom stereocenters. The lowest BCUT2D eigenvalue weighted by atomic mass is 10.1. The molecule has 2 aromatic rings. The molecule has 2 rings (SSSR count). The van der Waals surface area contributed by atoms with Gasteiger partial charge in [-0.3, -0.25) is 4.79 Å². The highest BCUT2D eigenvalue weighted by molar-refractivity contribution is 6.31. The summed E-state index contributed by atoms with van der Waals surface area (Å²) in [5.74, 6) is 0.971. The van der Waals surface area contributed by atoms with Crippen LogP contribution in [0.1, 0.15) is 18.1 Å². The van der Waals surface area contributed by atoms with Crippen LogP contribution in [-0.4, -0.2) is 19.1 Å². The molecule has 2 aromatic carbocycles. The van der Waals surface area contributed by atoms with Crippen LogP contribution in [0.4, 0.5) is 5.69 Å². The number of aryl methyl sites for hydroxylation is 2. The predicted octanol–water partition coefficient (Wildman–Crippen LogP) is 4.37. The molecule has 0 fully saturated rings. The summed E-state index contributed by atoms with van der Waals surface area (Å²) in [5.41, 5.74) is 2.58. The Morgan fingerprint density at radius 3 is 2.57 bits per heavy atom. The van der Waals surface area contributed by atoms with Crippen molar-refractivity contribution >= 4 is 23.2 Å². The van der Waals surface area contributed by atoms with Gasteiger partial charge in [-0.1, -0.05) is 23.7 Å². The van der Waals surface area contributed by atoms with Gasteiger partial charge in [0.05, 0.1) is 12.8 Å². The molecular weight excluding hydrogens is 314 g/mol. The molecule has 0 aliphatic carbocycles. The normalized spacial score (nSPS) is 11.7. The summed E-state index contributed by atoms with van der Waals surface area (Å²) in [4.78, 5) is 12.4. The number of nitrogens with one attached hydrogen (secondary N) is 1. The second-order valence-corrected chi connectivity index (χ2v) is 5.80. The number of carbonyl (C=O) groups excluding carboxylic acids is 1. The van der Waals surface area contributed by atoms with Crippen LogP contribution in [0.15, 0.2) is 36.4 Å². The van der Waals surface area contributed by atoms with Crippen molar-refractivity contribution in [2.45, 2.75) is 26.9 Å². The van der Waals surface area contributed by atoms with Gasteiger partial charge in [0, 0.05) is 5.02 Å². The number of rotatable bonds is 5. The first-order valence-electron chi connectivity index (χ1n) is 7.29. The number of amides is 1. The highest BCUT2D eigenvalue weighted by Gasteiger charge is 2.17. The van der Waals surface area contributed by atoms with E-state index in [0.29, 0.717) is 22.2 Å². The Hall–Kier alpha value is -2.20. The quantitative estimate of drug-likeness (QED) is 0.883. The monoisotopic (exact) mass is 333 g/mol. The molecule has 1 N–H and O–H groups in total. The van der Waals surface area contributed by atoms with E-state index in [0.717, 1.165) is 11.1 Å². The lowest BCUT2D eigenvalue weighted by Gasteiger charge is -2.17. The average Bonchev–Trinajstić information content (AvgIpc) is 2.51. The van der Waals surface area contributed by atoms with E-state index in [1.807, 2.05) is 32.0 Å². The molecule has 4 nitrogen and oxygen atoms in total. The van der Waals surface area contributed by atoms with Gasteiger partial charge in [0.2, 0.25) is 0 Å². The van der Waals surface area contributed by atoms with Crippen molar-refractivity contribution in [2.24, 2.45) is 0 Å². The molecule has 0 aliphatic rings. The van der Waals surface area contributed by atoms with Gasteiger partial charge in [0.15, 0.2) is 6.10 Å². The third-order valence-electron chi connectivity index (χ3n) is 3.44. The summed E-state index contributed by atoms with van der Waals surface area (Å²) in [6.45, 7) is 5.63. The van der Waals surface area contributed by atoms with Gasteiger partial charge in [-0.15, -0.1) is 0 Å². The topological polar surface area (TPSA) is 47.6 Å². The third kappa shape index (κ3) is 4.39. The lowest BCUT2D eigenvalue weighted by molar-refractivity contribution is -0.122. The molecule has 0 aromatic heterocycles. The molecule has 1 atom stereocenters. The zero-order chi connectivity index (χ0) is 17.0. The molecule has 23 heavy (non-hydrogen) atoms. The van der Waals surface area contributed by atoms with Crippen LogP contribution in [0, 0.1) is 13.8 Å². The van der Waals surface area contributed by atoms with Crippen molar-refractivity contribution in [3.63, 3.8) is 0 Å². The van der Waals surface area contributed by atoms with Crippen molar-refractivity contribution < 1.29 is 14.3 Å². The predicted molar refractivity (Wildman–Crippen MR) is 92.6 cm³/mol. The SMILES string of the molecule is COc1ccc(Cl)cc1NC(=O)C(C)Oc1cc(C)ccc1C. The van der Waals surface area contributed by atoms with Crippen molar-refractivity contribution in [2.75, 3.05) is 12.4 Å². The molecule has 0 heterocycles. The van der Waals surface area contributed by atoms with Gasteiger partial charge < -0.3 is 14.8 Å². The standard InChI is InChI=1S/C18H20ClNO3/c1-11-5-6-12(2)17(9-11)23-13(3)18(21)20-15-10-14(19)7-8-16(15)22-4/h5-10,13H,1-4H3,(H,20,21). The maximum Gasteiger partial charge on any atom is 0.265 e. The van der Waals surface area contributed by atoms with Crippen LogP contribution in [0.5, 0.6) is 11.5 Å². The second kappa shape index (κ2) is 7.38. The summed E-state index contributed by atoms with van der Waals surface area (Å²) >= 11 is 5.97.